The third-order valence-corrected chi connectivity index (χ3v) is 3.05. The van der Waals surface area contributed by atoms with E-state index in [1.54, 1.807) is 0 Å². The van der Waals surface area contributed by atoms with Gasteiger partial charge in [0.2, 0.25) is 5.91 Å². The van der Waals surface area contributed by atoms with Crippen LogP contribution in [0.25, 0.3) is 0 Å². The number of carbonyl (C=O) groups is 1. The number of hydrogen-bond acceptors (Lipinski definition) is 2. The number of hydrogen-bond donors (Lipinski definition) is 0. The fraction of sp³-hybridized carbons (Fsp3) is 0.588. The second kappa shape index (κ2) is 8.62. The van der Waals surface area contributed by atoms with Crippen molar-refractivity contribution in [3.63, 3.8) is 0 Å². The molecule has 112 valence electrons. The molecule has 0 aliphatic rings. The molecule has 0 heterocycles. The van der Waals surface area contributed by atoms with Crippen LogP contribution in [0.15, 0.2) is 30.3 Å². The number of amides is 1. The highest BCUT2D eigenvalue weighted by Gasteiger charge is 2.17. The smallest absolute Gasteiger partial charge is 0.222 e. The molecule has 1 aromatic rings. The standard InChI is InChI=1S/C17H27NO2/c1-14(2)13-18(15(3)4)17(19)11-8-12-20-16-9-6-5-7-10-16/h5-7,9-10,14-15H,8,11-13H2,1-4H3. The third-order valence-electron chi connectivity index (χ3n) is 3.05. The van der Waals surface area contributed by atoms with Crippen molar-refractivity contribution >= 4 is 5.91 Å². The van der Waals surface area contributed by atoms with Crippen molar-refractivity contribution in [2.24, 2.45) is 5.92 Å². The lowest BCUT2D eigenvalue weighted by molar-refractivity contribution is -0.133. The summed E-state index contributed by atoms with van der Waals surface area (Å²) in [6, 6.07) is 9.98. The molecule has 0 fully saturated rings. The van der Waals surface area contributed by atoms with Gasteiger partial charge in [0.1, 0.15) is 5.75 Å². The van der Waals surface area contributed by atoms with E-state index in [0.717, 1.165) is 18.7 Å². The number of carbonyl (C=O) groups excluding carboxylic acids is 1. The summed E-state index contributed by atoms with van der Waals surface area (Å²) in [6.07, 6.45) is 1.31. The van der Waals surface area contributed by atoms with Crippen molar-refractivity contribution in [2.75, 3.05) is 13.2 Å². The molecule has 1 aromatic carbocycles. The molecule has 1 rings (SSSR count). The van der Waals surface area contributed by atoms with Crippen LogP contribution < -0.4 is 4.74 Å². The van der Waals surface area contributed by atoms with Gasteiger partial charge in [-0.25, -0.2) is 0 Å². The summed E-state index contributed by atoms with van der Waals surface area (Å²) in [5, 5.41) is 0. The van der Waals surface area contributed by atoms with E-state index in [-0.39, 0.29) is 11.9 Å². The Labute approximate surface area is 122 Å². The van der Waals surface area contributed by atoms with E-state index < -0.39 is 0 Å². The van der Waals surface area contributed by atoms with E-state index in [0.29, 0.717) is 18.9 Å². The number of rotatable bonds is 8. The number of nitrogens with zero attached hydrogens (tertiary/aromatic N) is 1. The summed E-state index contributed by atoms with van der Waals surface area (Å²) in [4.78, 5) is 14.2. The van der Waals surface area contributed by atoms with Gasteiger partial charge < -0.3 is 9.64 Å². The molecule has 3 heteroatoms. The van der Waals surface area contributed by atoms with Crippen molar-refractivity contribution in [3.8, 4) is 5.75 Å². The van der Waals surface area contributed by atoms with Crippen molar-refractivity contribution in [1.29, 1.82) is 0 Å². The van der Waals surface area contributed by atoms with Crippen LogP contribution in [0.2, 0.25) is 0 Å². The molecule has 0 aromatic heterocycles. The van der Waals surface area contributed by atoms with Gasteiger partial charge >= 0.3 is 0 Å². The highest BCUT2D eigenvalue weighted by molar-refractivity contribution is 5.76. The van der Waals surface area contributed by atoms with Gasteiger partial charge in [0, 0.05) is 19.0 Å². The van der Waals surface area contributed by atoms with E-state index in [9.17, 15) is 4.79 Å². The summed E-state index contributed by atoms with van der Waals surface area (Å²) >= 11 is 0. The van der Waals surface area contributed by atoms with Crippen molar-refractivity contribution in [1.82, 2.24) is 4.90 Å². The Morgan fingerprint density at radius 2 is 1.80 bits per heavy atom. The number of para-hydroxylation sites is 1. The molecule has 0 bridgehead atoms. The van der Waals surface area contributed by atoms with E-state index in [1.165, 1.54) is 0 Å². The maximum Gasteiger partial charge on any atom is 0.222 e. The van der Waals surface area contributed by atoms with Crippen LogP contribution in [-0.4, -0.2) is 30.0 Å². The van der Waals surface area contributed by atoms with Gasteiger partial charge in [0.15, 0.2) is 0 Å². The van der Waals surface area contributed by atoms with E-state index in [1.807, 2.05) is 35.2 Å². The lowest BCUT2D eigenvalue weighted by Crippen LogP contribution is -2.39. The Morgan fingerprint density at radius 3 is 2.35 bits per heavy atom. The van der Waals surface area contributed by atoms with Crippen molar-refractivity contribution in [3.05, 3.63) is 30.3 Å². The lowest BCUT2D eigenvalue weighted by Gasteiger charge is -2.28. The van der Waals surface area contributed by atoms with Gasteiger partial charge in [-0.05, 0) is 38.3 Å². The van der Waals surface area contributed by atoms with E-state index in [2.05, 4.69) is 27.7 Å². The molecule has 3 nitrogen and oxygen atoms in total. The summed E-state index contributed by atoms with van der Waals surface area (Å²) in [5.41, 5.74) is 0. The monoisotopic (exact) mass is 277 g/mol. The zero-order valence-electron chi connectivity index (χ0n) is 13.1. The average Bonchev–Trinajstić information content (AvgIpc) is 2.41. The first kappa shape index (κ1) is 16.5. The Bertz CT molecular complexity index is 387. The van der Waals surface area contributed by atoms with Gasteiger partial charge in [-0.1, -0.05) is 32.0 Å². The van der Waals surface area contributed by atoms with Crippen LogP contribution in [0.1, 0.15) is 40.5 Å². The van der Waals surface area contributed by atoms with Crippen LogP contribution in [0.3, 0.4) is 0 Å². The molecule has 0 N–H and O–H groups in total. The van der Waals surface area contributed by atoms with E-state index >= 15 is 0 Å². The van der Waals surface area contributed by atoms with Crippen LogP contribution >= 0.6 is 0 Å². The second-order valence-electron chi connectivity index (χ2n) is 5.80. The Hall–Kier alpha value is -1.51. The molecule has 0 atom stereocenters. The molecule has 0 unspecified atom stereocenters. The topological polar surface area (TPSA) is 29.5 Å². The highest BCUT2D eigenvalue weighted by Crippen LogP contribution is 2.11. The molecule has 0 aliphatic carbocycles. The lowest BCUT2D eigenvalue weighted by atomic mass is 10.1. The fourth-order valence-electron chi connectivity index (χ4n) is 2.07. The first-order valence-corrected chi connectivity index (χ1v) is 7.48. The average molecular weight is 277 g/mol. The second-order valence-corrected chi connectivity index (χ2v) is 5.80. The van der Waals surface area contributed by atoms with Crippen LogP contribution in [0, 0.1) is 5.92 Å². The molecule has 1 amide bonds. The Kier molecular flexibility index (Phi) is 7.13. The van der Waals surface area contributed by atoms with Crippen LogP contribution in [0.4, 0.5) is 0 Å². The predicted octanol–water partition coefficient (Wildman–Crippen LogP) is 3.74. The molecule has 20 heavy (non-hydrogen) atoms. The summed E-state index contributed by atoms with van der Waals surface area (Å²) < 4.78 is 5.61. The van der Waals surface area contributed by atoms with Crippen LogP contribution in [0.5, 0.6) is 5.75 Å². The van der Waals surface area contributed by atoms with Gasteiger partial charge in [0.25, 0.3) is 0 Å². The minimum absolute atomic E-state index is 0.227. The first-order valence-electron chi connectivity index (χ1n) is 7.48. The maximum atomic E-state index is 12.2. The molecular weight excluding hydrogens is 250 g/mol. The van der Waals surface area contributed by atoms with Crippen LogP contribution in [-0.2, 0) is 4.79 Å². The quantitative estimate of drug-likeness (QED) is 0.677. The Morgan fingerprint density at radius 1 is 1.15 bits per heavy atom. The van der Waals surface area contributed by atoms with Gasteiger partial charge in [-0.15, -0.1) is 0 Å². The summed E-state index contributed by atoms with van der Waals surface area (Å²) in [6.45, 7) is 9.84. The van der Waals surface area contributed by atoms with Gasteiger partial charge in [0.05, 0.1) is 6.61 Å². The minimum Gasteiger partial charge on any atom is -0.494 e. The Balaban J connectivity index is 2.30. The predicted molar refractivity (Wildman–Crippen MR) is 82.9 cm³/mol. The summed E-state index contributed by atoms with van der Waals surface area (Å²) in [5.74, 6) is 1.59. The minimum atomic E-state index is 0.227. The highest BCUT2D eigenvalue weighted by atomic mass is 16.5. The largest absolute Gasteiger partial charge is 0.494 e. The third kappa shape index (κ3) is 6.09. The molecule has 0 radical (unpaired) electrons. The van der Waals surface area contributed by atoms with E-state index in [4.69, 9.17) is 4.74 Å². The maximum absolute atomic E-state index is 12.2. The number of benzene rings is 1. The molecule has 0 saturated heterocycles. The normalized spacial score (nSPS) is 10.9. The van der Waals surface area contributed by atoms with Crippen molar-refractivity contribution < 1.29 is 9.53 Å². The van der Waals surface area contributed by atoms with Gasteiger partial charge in [-0.3, -0.25) is 4.79 Å². The number of ether oxygens (including phenoxy) is 1. The SMILES string of the molecule is CC(C)CN(C(=O)CCCOc1ccccc1)C(C)C. The molecule has 0 spiro atoms. The fourth-order valence-corrected chi connectivity index (χ4v) is 2.07. The zero-order chi connectivity index (χ0) is 15.0. The molecule has 0 aliphatic heterocycles. The molecule has 0 saturated carbocycles. The zero-order valence-corrected chi connectivity index (χ0v) is 13.1. The summed E-state index contributed by atoms with van der Waals surface area (Å²) in [7, 11) is 0. The first-order chi connectivity index (χ1) is 9.50. The molecular formula is C17H27NO2. The van der Waals surface area contributed by atoms with Gasteiger partial charge in [-0.2, -0.15) is 0 Å². The van der Waals surface area contributed by atoms with Crippen molar-refractivity contribution in [2.45, 2.75) is 46.6 Å².